The molecule has 1 saturated heterocycles. The molecule has 8 nitrogen and oxygen atoms in total. The highest BCUT2D eigenvalue weighted by molar-refractivity contribution is 6.09. The quantitative estimate of drug-likeness (QED) is 0.603. The topological polar surface area (TPSA) is 105 Å². The molecule has 1 aromatic carbocycles. The first-order valence-electron chi connectivity index (χ1n) is 10.1. The number of halogens is 2. The van der Waals surface area contributed by atoms with Crippen molar-refractivity contribution in [1.29, 1.82) is 0 Å². The number of nitrogens with zero attached hydrogens (tertiary/aromatic N) is 2. The SMILES string of the molecule is CCN(CC(C)(C)C)[C@@H](C(N)=O)C(=O)Nc1ccc(N2CCOCC2=O)c(C(F)F)c1. The molecule has 172 valence electrons. The van der Waals surface area contributed by atoms with Crippen LogP contribution in [0.25, 0.3) is 0 Å². The Balaban J connectivity index is 2.29. The van der Waals surface area contributed by atoms with Crippen LogP contribution in [0.4, 0.5) is 20.2 Å². The molecule has 3 amide bonds. The minimum atomic E-state index is -2.87. The molecule has 0 saturated carbocycles. The number of alkyl halides is 2. The zero-order valence-electron chi connectivity index (χ0n) is 18.3. The first-order valence-corrected chi connectivity index (χ1v) is 10.1. The van der Waals surface area contributed by atoms with Crippen molar-refractivity contribution in [2.45, 2.75) is 40.2 Å². The van der Waals surface area contributed by atoms with Gasteiger partial charge in [-0.05, 0) is 30.2 Å². The van der Waals surface area contributed by atoms with E-state index in [0.29, 0.717) is 13.1 Å². The Kier molecular flexibility index (Phi) is 8.08. The lowest BCUT2D eigenvalue weighted by molar-refractivity contribution is -0.133. The van der Waals surface area contributed by atoms with E-state index in [2.05, 4.69) is 5.32 Å². The summed E-state index contributed by atoms with van der Waals surface area (Å²) in [7, 11) is 0. The van der Waals surface area contributed by atoms with Crippen LogP contribution in [0, 0.1) is 5.41 Å². The fourth-order valence-electron chi connectivity index (χ4n) is 3.51. The molecule has 1 aliphatic rings. The summed E-state index contributed by atoms with van der Waals surface area (Å²) in [4.78, 5) is 39.8. The van der Waals surface area contributed by atoms with Crippen LogP contribution >= 0.6 is 0 Å². The van der Waals surface area contributed by atoms with E-state index in [1.165, 1.54) is 17.0 Å². The van der Waals surface area contributed by atoms with Crippen molar-refractivity contribution in [3.05, 3.63) is 23.8 Å². The van der Waals surface area contributed by atoms with Crippen LogP contribution in [0.15, 0.2) is 18.2 Å². The Labute approximate surface area is 180 Å². The van der Waals surface area contributed by atoms with Crippen LogP contribution < -0.4 is 16.0 Å². The van der Waals surface area contributed by atoms with Gasteiger partial charge in [0.15, 0.2) is 6.04 Å². The van der Waals surface area contributed by atoms with Gasteiger partial charge in [0.05, 0.1) is 12.3 Å². The van der Waals surface area contributed by atoms with Crippen molar-refractivity contribution >= 4 is 29.1 Å². The molecule has 1 fully saturated rings. The molecule has 0 bridgehead atoms. The second kappa shape index (κ2) is 10.1. The summed E-state index contributed by atoms with van der Waals surface area (Å²) in [5.74, 6) is -1.94. The van der Waals surface area contributed by atoms with Crippen LogP contribution in [0.3, 0.4) is 0 Å². The minimum Gasteiger partial charge on any atom is -0.370 e. The van der Waals surface area contributed by atoms with Crippen LogP contribution in [0.5, 0.6) is 0 Å². The molecule has 1 atom stereocenters. The highest BCUT2D eigenvalue weighted by atomic mass is 19.3. The van der Waals surface area contributed by atoms with Crippen LogP contribution in [0.2, 0.25) is 0 Å². The van der Waals surface area contributed by atoms with Crippen molar-refractivity contribution in [1.82, 2.24) is 4.90 Å². The monoisotopic (exact) mass is 440 g/mol. The number of likely N-dealkylation sites (N-methyl/N-ethyl adjacent to an activating group) is 1. The number of amides is 3. The lowest BCUT2D eigenvalue weighted by atomic mass is 9.95. The summed E-state index contributed by atoms with van der Waals surface area (Å²) in [5.41, 5.74) is 5.04. The number of hydrogen-bond acceptors (Lipinski definition) is 5. The third kappa shape index (κ3) is 6.44. The number of carbonyl (C=O) groups is 3. The molecule has 1 aliphatic heterocycles. The summed E-state index contributed by atoms with van der Waals surface area (Å²) in [6.45, 7) is 8.76. The third-order valence-electron chi connectivity index (χ3n) is 4.77. The van der Waals surface area contributed by atoms with Gasteiger partial charge in [-0.25, -0.2) is 8.78 Å². The van der Waals surface area contributed by atoms with Crippen LogP contribution in [-0.2, 0) is 19.1 Å². The maximum Gasteiger partial charge on any atom is 0.265 e. The minimum absolute atomic E-state index is 0.0654. The molecular formula is C21H30F2N4O4. The molecule has 0 aliphatic carbocycles. The fourth-order valence-corrected chi connectivity index (χ4v) is 3.51. The standard InChI is InChI=1S/C21H30F2N4O4/c1-5-26(12-21(2,3)4)17(19(24)29)20(30)25-13-6-7-15(14(10-13)18(22)23)27-8-9-31-11-16(27)28/h6-7,10,17-18H,5,8-9,11-12H2,1-4H3,(H2,24,29)(H,25,30)/t17-/m0/s1. The van der Waals surface area contributed by atoms with Crippen molar-refractivity contribution in [3.63, 3.8) is 0 Å². The average molecular weight is 440 g/mol. The van der Waals surface area contributed by atoms with E-state index in [-0.39, 0.29) is 36.5 Å². The first-order chi connectivity index (χ1) is 14.4. The van der Waals surface area contributed by atoms with Crippen molar-refractivity contribution in [2.24, 2.45) is 11.1 Å². The number of rotatable bonds is 8. The van der Waals surface area contributed by atoms with E-state index in [1.807, 2.05) is 20.8 Å². The fraction of sp³-hybridized carbons (Fsp3) is 0.571. The molecule has 0 spiro atoms. The number of morpholine rings is 1. The maximum atomic E-state index is 13.7. The molecule has 10 heteroatoms. The van der Waals surface area contributed by atoms with Gasteiger partial charge in [0, 0.05) is 24.3 Å². The maximum absolute atomic E-state index is 13.7. The second-order valence-electron chi connectivity index (χ2n) is 8.59. The third-order valence-corrected chi connectivity index (χ3v) is 4.77. The van der Waals surface area contributed by atoms with Gasteiger partial charge >= 0.3 is 0 Å². The number of nitrogens with two attached hydrogens (primary N) is 1. The number of hydrogen-bond donors (Lipinski definition) is 2. The van der Waals surface area contributed by atoms with Gasteiger partial charge in [-0.1, -0.05) is 27.7 Å². The normalized spacial score (nSPS) is 16.0. The Bertz CT molecular complexity index is 826. The van der Waals surface area contributed by atoms with Gasteiger partial charge in [0.1, 0.15) is 6.61 Å². The van der Waals surface area contributed by atoms with E-state index in [1.54, 1.807) is 11.8 Å². The zero-order valence-corrected chi connectivity index (χ0v) is 18.3. The van der Waals surface area contributed by atoms with Crippen LogP contribution in [0.1, 0.15) is 39.7 Å². The lowest BCUT2D eigenvalue weighted by Gasteiger charge is -2.33. The lowest BCUT2D eigenvalue weighted by Crippen LogP contribution is -2.54. The smallest absolute Gasteiger partial charge is 0.265 e. The second-order valence-corrected chi connectivity index (χ2v) is 8.59. The first kappa shape index (κ1) is 24.7. The van der Waals surface area contributed by atoms with Crippen molar-refractivity contribution < 1.29 is 27.9 Å². The molecular weight excluding hydrogens is 410 g/mol. The van der Waals surface area contributed by atoms with Crippen molar-refractivity contribution in [2.75, 3.05) is 43.1 Å². The number of benzene rings is 1. The Morgan fingerprint density at radius 2 is 2.00 bits per heavy atom. The van der Waals surface area contributed by atoms with E-state index in [0.717, 1.165) is 6.07 Å². The molecule has 3 N–H and O–H groups in total. The summed E-state index contributed by atoms with van der Waals surface area (Å²) in [5, 5.41) is 2.52. The average Bonchev–Trinajstić information content (AvgIpc) is 2.66. The summed E-state index contributed by atoms with van der Waals surface area (Å²) in [6.07, 6.45) is -2.87. The number of nitrogens with one attached hydrogen (secondary N) is 1. The summed E-state index contributed by atoms with van der Waals surface area (Å²) >= 11 is 0. The Hall–Kier alpha value is -2.59. The Morgan fingerprint density at radius 1 is 1.32 bits per heavy atom. The molecule has 0 aromatic heterocycles. The molecule has 0 unspecified atom stereocenters. The number of carbonyl (C=O) groups excluding carboxylic acids is 3. The van der Waals surface area contributed by atoms with E-state index < -0.39 is 35.8 Å². The molecule has 31 heavy (non-hydrogen) atoms. The summed E-state index contributed by atoms with van der Waals surface area (Å²) < 4.78 is 32.5. The molecule has 1 aromatic rings. The van der Waals surface area contributed by atoms with Gasteiger partial charge in [-0.3, -0.25) is 19.3 Å². The predicted molar refractivity (Wildman–Crippen MR) is 113 cm³/mol. The Morgan fingerprint density at radius 3 is 2.52 bits per heavy atom. The molecule has 2 rings (SSSR count). The van der Waals surface area contributed by atoms with Crippen molar-refractivity contribution in [3.8, 4) is 0 Å². The van der Waals surface area contributed by atoms with Gasteiger partial charge in [0.2, 0.25) is 5.91 Å². The zero-order chi connectivity index (χ0) is 23.3. The van der Waals surface area contributed by atoms with Gasteiger partial charge in [-0.2, -0.15) is 0 Å². The predicted octanol–water partition coefficient (Wildman–Crippen LogP) is 2.15. The van der Waals surface area contributed by atoms with E-state index in [4.69, 9.17) is 10.5 Å². The highest BCUT2D eigenvalue weighted by Crippen LogP contribution is 2.33. The summed E-state index contributed by atoms with van der Waals surface area (Å²) in [6, 6.07) is 2.63. The van der Waals surface area contributed by atoms with Crippen LogP contribution in [-0.4, -0.2) is 61.5 Å². The molecule has 1 heterocycles. The number of ether oxygens (including phenoxy) is 1. The number of primary amides is 1. The molecule has 0 radical (unpaired) electrons. The highest BCUT2D eigenvalue weighted by Gasteiger charge is 2.33. The van der Waals surface area contributed by atoms with Gasteiger partial charge in [-0.15, -0.1) is 0 Å². The largest absolute Gasteiger partial charge is 0.370 e. The van der Waals surface area contributed by atoms with E-state index >= 15 is 0 Å². The van der Waals surface area contributed by atoms with Gasteiger partial charge in [0.25, 0.3) is 18.2 Å². The van der Waals surface area contributed by atoms with E-state index in [9.17, 15) is 23.2 Å². The number of anilines is 2. The van der Waals surface area contributed by atoms with Gasteiger partial charge < -0.3 is 20.7 Å².